The lowest BCUT2D eigenvalue weighted by Crippen LogP contribution is -1.94. The maximum atomic E-state index is 10.8. The summed E-state index contributed by atoms with van der Waals surface area (Å²) in [7, 11) is 0. The number of hydrogen-bond donors (Lipinski definition) is 1. The molecule has 0 bridgehead atoms. The van der Waals surface area contributed by atoms with Gasteiger partial charge in [0, 0.05) is 5.56 Å². The number of H-pyrrole nitrogens is 1. The van der Waals surface area contributed by atoms with Gasteiger partial charge in [0.05, 0.1) is 22.6 Å². The second-order valence-corrected chi connectivity index (χ2v) is 3.03. The molecule has 0 saturated heterocycles. The normalized spacial score (nSPS) is 10.6. The molecular formula is C8H6ClN3O2. The van der Waals surface area contributed by atoms with Gasteiger partial charge in [-0.1, -0.05) is 0 Å². The van der Waals surface area contributed by atoms with Gasteiger partial charge in [-0.2, -0.15) is 0 Å². The molecule has 0 fully saturated rings. The lowest BCUT2D eigenvalue weighted by molar-refractivity contribution is -0.383. The van der Waals surface area contributed by atoms with Crippen LogP contribution in [-0.4, -0.2) is 14.9 Å². The topological polar surface area (TPSA) is 71.8 Å². The third-order valence-electron chi connectivity index (χ3n) is 1.98. The highest BCUT2D eigenvalue weighted by Gasteiger charge is 2.19. The van der Waals surface area contributed by atoms with Gasteiger partial charge in [0.25, 0.3) is 0 Å². The largest absolute Gasteiger partial charge is 0.344 e. The molecule has 0 spiro atoms. The number of nitrogens with zero attached hydrogens (tertiary/aromatic N) is 2. The van der Waals surface area contributed by atoms with E-state index in [1.54, 1.807) is 12.1 Å². The van der Waals surface area contributed by atoms with Crippen LogP contribution < -0.4 is 0 Å². The van der Waals surface area contributed by atoms with E-state index in [2.05, 4.69) is 9.97 Å². The van der Waals surface area contributed by atoms with E-state index in [0.29, 0.717) is 16.6 Å². The molecule has 0 atom stereocenters. The Morgan fingerprint density at radius 1 is 1.57 bits per heavy atom. The van der Waals surface area contributed by atoms with Gasteiger partial charge in [-0.05, 0) is 12.1 Å². The van der Waals surface area contributed by atoms with Gasteiger partial charge in [0.15, 0.2) is 5.52 Å². The first-order valence-corrected chi connectivity index (χ1v) is 4.43. The first kappa shape index (κ1) is 8.96. The summed E-state index contributed by atoms with van der Waals surface area (Å²) in [6.45, 7) is 0. The lowest BCUT2D eigenvalue weighted by Gasteiger charge is -1.98. The fraction of sp³-hybridized carbons (Fsp3) is 0.125. The van der Waals surface area contributed by atoms with Gasteiger partial charge in [0.1, 0.15) is 0 Å². The van der Waals surface area contributed by atoms with Crippen molar-refractivity contribution in [1.82, 2.24) is 9.97 Å². The van der Waals surface area contributed by atoms with Crippen molar-refractivity contribution in [3.05, 3.63) is 34.1 Å². The number of aromatic amines is 1. The van der Waals surface area contributed by atoms with Crippen LogP contribution in [0.3, 0.4) is 0 Å². The highest BCUT2D eigenvalue weighted by Crippen LogP contribution is 2.28. The van der Waals surface area contributed by atoms with Crippen LogP contribution in [-0.2, 0) is 5.88 Å². The molecule has 14 heavy (non-hydrogen) atoms. The minimum atomic E-state index is -0.457. The van der Waals surface area contributed by atoms with Crippen molar-refractivity contribution in [2.45, 2.75) is 5.88 Å². The van der Waals surface area contributed by atoms with Crippen molar-refractivity contribution in [3.8, 4) is 0 Å². The Kier molecular flexibility index (Phi) is 2.09. The van der Waals surface area contributed by atoms with Gasteiger partial charge in [0.2, 0.25) is 0 Å². The molecule has 0 radical (unpaired) electrons. The fourth-order valence-corrected chi connectivity index (χ4v) is 1.56. The molecule has 0 saturated carbocycles. The van der Waals surface area contributed by atoms with E-state index >= 15 is 0 Å². The van der Waals surface area contributed by atoms with Gasteiger partial charge in [-0.25, -0.2) is 4.98 Å². The first-order valence-electron chi connectivity index (χ1n) is 3.89. The van der Waals surface area contributed by atoms with Crippen LogP contribution in [0.1, 0.15) is 5.56 Å². The Bertz CT molecular complexity index is 494. The van der Waals surface area contributed by atoms with Crippen LogP contribution in [0.4, 0.5) is 5.69 Å². The predicted octanol–water partition coefficient (Wildman–Crippen LogP) is 2.21. The second-order valence-electron chi connectivity index (χ2n) is 2.76. The molecule has 0 unspecified atom stereocenters. The number of halogens is 1. The number of fused-ring (bicyclic) bond motifs is 1. The fourth-order valence-electron chi connectivity index (χ4n) is 1.35. The minimum absolute atomic E-state index is 0.0150. The number of nitro benzene ring substituents is 1. The number of rotatable bonds is 2. The molecule has 0 aliphatic heterocycles. The minimum Gasteiger partial charge on any atom is -0.344 e. The van der Waals surface area contributed by atoms with E-state index in [-0.39, 0.29) is 11.6 Å². The van der Waals surface area contributed by atoms with E-state index in [4.69, 9.17) is 11.6 Å². The Morgan fingerprint density at radius 3 is 3.00 bits per heavy atom. The first-order chi connectivity index (χ1) is 6.74. The van der Waals surface area contributed by atoms with Crippen LogP contribution in [0.25, 0.3) is 11.0 Å². The van der Waals surface area contributed by atoms with Crippen LogP contribution in [0.2, 0.25) is 0 Å². The average Bonchev–Trinajstić information content (AvgIpc) is 2.62. The molecule has 0 aliphatic carbocycles. The van der Waals surface area contributed by atoms with Crippen LogP contribution >= 0.6 is 11.6 Å². The SMILES string of the molecule is O=[N+]([O-])c1c(CCl)ccc2[nH]cnc12. The van der Waals surface area contributed by atoms with Crippen molar-refractivity contribution >= 4 is 28.3 Å². The van der Waals surface area contributed by atoms with Crippen LogP contribution in [0, 0.1) is 10.1 Å². The number of benzene rings is 1. The summed E-state index contributed by atoms with van der Waals surface area (Å²) in [5, 5.41) is 10.8. The molecule has 5 nitrogen and oxygen atoms in total. The Labute approximate surface area is 83.9 Å². The lowest BCUT2D eigenvalue weighted by atomic mass is 10.2. The zero-order valence-electron chi connectivity index (χ0n) is 7.03. The Morgan fingerprint density at radius 2 is 2.36 bits per heavy atom. The van der Waals surface area contributed by atoms with E-state index in [1.807, 2.05) is 0 Å². The highest BCUT2D eigenvalue weighted by molar-refractivity contribution is 6.17. The van der Waals surface area contributed by atoms with Crippen LogP contribution in [0.15, 0.2) is 18.5 Å². The summed E-state index contributed by atoms with van der Waals surface area (Å²) in [5.74, 6) is 0.110. The summed E-state index contributed by atoms with van der Waals surface area (Å²) in [6, 6.07) is 3.36. The number of nitrogens with one attached hydrogen (secondary N) is 1. The quantitative estimate of drug-likeness (QED) is 0.470. The molecule has 6 heteroatoms. The maximum Gasteiger partial charge on any atom is 0.301 e. The average molecular weight is 212 g/mol. The van der Waals surface area contributed by atoms with E-state index in [1.165, 1.54) is 6.33 Å². The van der Waals surface area contributed by atoms with Crippen LogP contribution in [0.5, 0.6) is 0 Å². The molecule has 0 amide bonds. The van der Waals surface area contributed by atoms with E-state index < -0.39 is 4.92 Å². The summed E-state index contributed by atoms with van der Waals surface area (Å²) in [6.07, 6.45) is 1.43. The number of imidazole rings is 1. The molecule has 0 aliphatic rings. The maximum absolute atomic E-state index is 10.8. The zero-order valence-corrected chi connectivity index (χ0v) is 7.78. The highest BCUT2D eigenvalue weighted by atomic mass is 35.5. The summed E-state index contributed by atoms with van der Waals surface area (Å²) < 4.78 is 0. The van der Waals surface area contributed by atoms with Gasteiger partial charge < -0.3 is 4.98 Å². The standard InChI is InChI=1S/C8H6ClN3O2/c9-3-5-1-2-6-7(11-4-10-6)8(5)12(13)14/h1-2,4H,3H2,(H,10,11). The molecule has 1 aromatic carbocycles. The predicted molar refractivity (Wildman–Crippen MR) is 52.3 cm³/mol. The molecule has 2 rings (SSSR count). The van der Waals surface area contributed by atoms with Crippen molar-refractivity contribution in [3.63, 3.8) is 0 Å². The van der Waals surface area contributed by atoms with Crippen molar-refractivity contribution < 1.29 is 4.92 Å². The summed E-state index contributed by atoms with van der Waals surface area (Å²) in [5.41, 5.74) is 1.47. The Balaban J connectivity index is 2.82. The van der Waals surface area contributed by atoms with Gasteiger partial charge >= 0.3 is 5.69 Å². The van der Waals surface area contributed by atoms with E-state index in [9.17, 15) is 10.1 Å². The smallest absolute Gasteiger partial charge is 0.301 e. The Hall–Kier alpha value is -1.62. The molecule has 2 aromatic rings. The summed E-state index contributed by atoms with van der Waals surface area (Å²) in [4.78, 5) is 17.0. The van der Waals surface area contributed by atoms with Gasteiger partial charge in [-0.3, -0.25) is 10.1 Å². The summed E-state index contributed by atoms with van der Waals surface area (Å²) >= 11 is 5.60. The molecule has 1 heterocycles. The van der Waals surface area contributed by atoms with Crippen molar-refractivity contribution in [1.29, 1.82) is 0 Å². The third-order valence-corrected chi connectivity index (χ3v) is 2.26. The molecule has 1 N–H and O–H groups in total. The third kappa shape index (κ3) is 1.22. The number of alkyl halides is 1. The number of aromatic nitrogens is 2. The van der Waals surface area contributed by atoms with Crippen molar-refractivity contribution in [2.75, 3.05) is 0 Å². The molecule has 1 aromatic heterocycles. The molecular weight excluding hydrogens is 206 g/mol. The zero-order chi connectivity index (χ0) is 10.1. The monoisotopic (exact) mass is 211 g/mol. The van der Waals surface area contributed by atoms with E-state index in [0.717, 1.165) is 0 Å². The second kappa shape index (κ2) is 3.26. The number of hydrogen-bond acceptors (Lipinski definition) is 3. The van der Waals surface area contributed by atoms with Gasteiger partial charge in [-0.15, -0.1) is 11.6 Å². The molecule has 72 valence electrons. The number of nitro groups is 1. The van der Waals surface area contributed by atoms with Crippen molar-refractivity contribution in [2.24, 2.45) is 0 Å².